The minimum absolute atomic E-state index is 0.263. The Hall–Kier alpha value is -0.903. The van der Waals surface area contributed by atoms with E-state index in [-0.39, 0.29) is 12.8 Å². The Balaban J connectivity index is 0.000000218. The zero-order valence-electron chi connectivity index (χ0n) is 6.63. The summed E-state index contributed by atoms with van der Waals surface area (Å²) < 4.78 is 4.08. The van der Waals surface area contributed by atoms with Gasteiger partial charge in [-0.15, -0.1) is 6.58 Å². The van der Waals surface area contributed by atoms with Gasteiger partial charge in [-0.3, -0.25) is 9.59 Å². The summed E-state index contributed by atoms with van der Waals surface area (Å²) in [6.07, 6.45) is 2.46. The Bertz CT molecular complexity index is 151. The van der Waals surface area contributed by atoms with Gasteiger partial charge >= 0.3 is 11.9 Å². The van der Waals surface area contributed by atoms with Crippen molar-refractivity contribution in [2.45, 2.75) is 18.9 Å². The Labute approximate surface area is 68.8 Å². The van der Waals surface area contributed by atoms with E-state index in [1.54, 1.807) is 0 Å². The smallest absolute Gasteiger partial charge is 0.314 e. The summed E-state index contributed by atoms with van der Waals surface area (Å²) in [6, 6.07) is 1.22. The third-order valence-corrected chi connectivity index (χ3v) is 1.63. The number of cyclic esters (lactones) is 2. The van der Waals surface area contributed by atoms with Gasteiger partial charge < -0.3 is 4.74 Å². The van der Waals surface area contributed by atoms with Crippen molar-refractivity contribution in [2.75, 3.05) is 0 Å². The molecule has 1 aliphatic rings. The quantitative estimate of drug-likeness (QED) is 0.238. The van der Waals surface area contributed by atoms with Gasteiger partial charge in [-0.25, -0.2) is 0 Å². The standard InChI is InChI=1S/C4H4O3.C3H8Si/c5-3-1-2-4(6)7-3;1-2-3-4/h1-2H2;2H,1,3H2,4H3. The van der Waals surface area contributed by atoms with E-state index in [0.717, 1.165) is 0 Å². The van der Waals surface area contributed by atoms with Crippen LogP contribution in [0.25, 0.3) is 0 Å². The minimum atomic E-state index is -0.398. The minimum Gasteiger partial charge on any atom is -0.393 e. The van der Waals surface area contributed by atoms with Crippen LogP contribution in [0.3, 0.4) is 0 Å². The van der Waals surface area contributed by atoms with Crippen molar-refractivity contribution in [3.63, 3.8) is 0 Å². The Morgan fingerprint density at radius 2 is 1.82 bits per heavy atom. The van der Waals surface area contributed by atoms with Crippen LogP contribution in [-0.2, 0) is 14.3 Å². The van der Waals surface area contributed by atoms with Gasteiger partial charge in [0.05, 0.1) is 12.8 Å². The monoisotopic (exact) mass is 172 g/mol. The van der Waals surface area contributed by atoms with Crippen molar-refractivity contribution in [3.8, 4) is 0 Å². The molecule has 0 bridgehead atoms. The highest BCUT2D eigenvalue weighted by molar-refractivity contribution is 6.09. The highest BCUT2D eigenvalue weighted by Crippen LogP contribution is 2.03. The van der Waals surface area contributed by atoms with E-state index in [1.807, 2.05) is 6.08 Å². The Morgan fingerprint density at radius 1 is 1.45 bits per heavy atom. The first-order valence-electron chi connectivity index (χ1n) is 3.55. The van der Waals surface area contributed by atoms with Crippen molar-refractivity contribution >= 4 is 22.2 Å². The fourth-order valence-corrected chi connectivity index (χ4v) is 0.433. The number of ether oxygens (including phenoxy) is 1. The van der Waals surface area contributed by atoms with Gasteiger partial charge in [0, 0.05) is 10.2 Å². The second kappa shape index (κ2) is 5.85. The van der Waals surface area contributed by atoms with Crippen molar-refractivity contribution in [1.29, 1.82) is 0 Å². The average molecular weight is 172 g/mol. The van der Waals surface area contributed by atoms with E-state index in [0.29, 0.717) is 0 Å². The summed E-state index contributed by atoms with van der Waals surface area (Å²) >= 11 is 0. The summed E-state index contributed by atoms with van der Waals surface area (Å²) in [5.41, 5.74) is 0. The summed E-state index contributed by atoms with van der Waals surface area (Å²) in [4.78, 5) is 20.0. The lowest BCUT2D eigenvalue weighted by atomic mass is 10.4. The first kappa shape index (κ1) is 10.1. The molecule has 0 spiro atoms. The molecule has 0 aliphatic carbocycles. The first-order valence-corrected chi connectivity index (χ1v) is 4.96. The van der Waals surface area contributed by atoms with Crippen LogP contribution in [0.4, 0.5) is 0 Å². The number of esters is 2. The van der Waals surface area contributed by atoms with E-state index in [9.17, 15) is 9.59 Å². The largest absolute Gasteiger partial charge is 0.393 e. The number of hydrogen-bond acceptors (Lipinski definition) is 3. The summed E-state index contributed by atoms with van der Waals surface area (Å²) in [5, 5.41) is 0. The predicted octanol–water partition coefficient (Wildman–Crippen LogP) is -0.194. The predicted molar refractivity (Wildman–Crippen MR) is 45.3 cm³/mol. The molecular formula is C7H12O3Si. The molecule has 3 nitrogen and oxygen atoms in total. The van der Waals surface area contributed by atoms with Crippen molar-refractivity contribution in [2.24, 2.45) is 0 Å². The van der Waals surface area contributed by atoms with E-state index < -0.39 is 11.9 Å². The molecule has 0 radical (unpaired) electrons. The second-order valence-corrected chi connectivity index (χ2v) is 2.86. The van der Waals surface area contributed by atoms with Crippen molar-refractivity contribution in [3.05, 3.63) is 12.7 Å². The number of carbonyl (C=O) groups excluding carboxylic acids is 2. The molecule has 62 valence electrons. The lowest BCUT2D eigenvalue weighted by Gasteiger charge is -1.79. The van der Waals surface area contributed by atoms with Gasteiger partial charge in [0.2, 0.25) is 0 Å². The molecule has 1 saturated heterocycles. The maximum Gasteiger partial charge on any atom is 0.314 e. The zero-order valence-corrected chi connectivity index (χ0v) is 8.63. The van der Waals surface area contributed by atoms with Crippen LogP contribution in [0.2, 0.25) is 6.04 Å². The maximum absolute atomic E-state index is 10.0. The normalized spacial score (nSPS) is 15.3. The van der Waals surface area contributed by atoms with Gasteiger partial charge in [0.25, 0.3) is 0 Å². The molecule has 0 amide bonds. The highest BCUT2D eigenvalue weighted by atomic mass is 28.1. The summed E-state index contributed by atoms with van der Waals surface area (Å²) in [6.45, 7) is 3.51. The van der Waals surface area contributed by atoms with Crippen LogP contribution in [0.1, 0.15) is 12.8 Å². The van der Waals surface area contributed by atoms with Crippen LogP contribution in [0, 0.1) is 0 Å². The van der Waals surface area contributed by atoms with E-state index in [2.05, 4.69) is 11.3 Å². The molecule has 1 fully saturated rings. The van der Waals surface area contributed by atoms with Crippen LogP contribution >= 0.6 is 0 Å². The van der Waals surface area contributed by atoms with E-state index in [1.165, 1.54) is 16.3 Å². The molecule has 0 atom stereocenters. The van der Waals surface area contributed by atoms with Gasteiger partial charge in [-0.05, 0) is 6.04 Å². The van der Waals surface area contributed by atoms with E-state index >= 15 is 0 Å². The molecule has 4 heteroatoms. The highest BCUT2D eigenvalue weighted by Gasteiger charge is 2.19. The van der Waals surface area contributed by atoms with Crippen LogP contribution in [0.15, 0.2) is 12.7 Å². The number of carbonyl (C=O) groups is 2. The molecule has 11 heavy (non-hydrogen) atoms. The maximum atomic E-state index is 10.0. The first-order chi connectivity index (χ1) is 5.20. The SMILES string of the molecule is C=CC[SiH3].O=C1CCC(=O)O1. The third-order valence-electron chi connectivity index (χ3n) is 1.05. The molecule has 0 aromatic carbocycles. The molecule has 0 N–H and O–H groups in total. The Morgan fingerprint density at radius 3 is 1.91 bits per heavy atom. The van der Waals surface area contributed by atoms with Crippen LogP contribution < -0.4 is 0 Å². The molecule has 0 unspecified atom stereocenters. The number of allylic oxidation sites excluding steroid dienone is 1. The summed E-state index contributed by atoms with van der Waals surface area (Å²) in [5.74, 6) is -0.796. The lowest BCUT2D eigenvalue weighted by molar-refractivity contribution is -0.151. The second-order valence-electron chi connectivity index (χ2n) is 2.04. The molecule has 1 rings (SSSR count). The van der Waals surface area contributed by atoms with Crippen LogP contribution in [0.5, 0.6) is 0 Å². The molecular weight excluding hydrogens is 160 g/mol. The lowest BCUT2D eigenvalue weighted by Crippen LogP contribution is -1.94. The number of hydrogen-bond donors (Lipinski definition) is 0. The van der Waals surface area contributed by atoms with Crippen molar-refractivity contribution in [1.82, 2.24) is 0 Å². The fourth-order valence-electron chi connectivity index (χ4n) is 0.433. The van der Waals surface area contributed by atoms with Crippen molar-refractivity contribution < 1.29 is 14.3 Å². The van der Waals surface area contributed by atoms with Gasteiger partial charge in [0.1, 0.15) is 0 Å². The van der Waals surface area contributed by atoms with E-state index in [4.69, 9.17) is 0 Å². The molecule has 1 aliphatic heterocycles. The fraction of sp³-hybridized carbons (Fsp3) is 0.429. The third kappa shape index (κ3) is 5.54. The van der Waals surface area contributed by atoms with Gasteiger partial charge in [0.15, 0.2) is 0 Å². The topological polar surface area (TPSA) is 43.4 Å². The molecule has 0 saturated carbocycles. The average Bonchev–Trinajstić information content (AvgIpc) is 2.35. The Kier molecular flexibility index (Phi) is 5.37. The van der Waals surface area contributed by atoms with Crippen LogP contribution in [-0.4, -0.2) is 22.2 Å². The van der Waals surface area contributed by atoms with Gasteiger partial charge in [-0.1, -0.05) is 6.08 Å². The molecule has 0 aromatic rings. The zero-order chi connectivity index (χ0) is 8.69. The molecule has 1 heterocycles. The number of rotatable bonds is 1. The molecule has 0 aromatic heterocycles. The van der Waals surface area contributed by atoms with Gasteiger partial charge in [-0.2, -0.15) is 0 Å². The summed E-state index contributed by atoms with van der Waals surface area (Å²) in [7, 11) is 1.27.